The number of hydrogen-bond donors (Lipinski definition) is 0. The predicted molar refractivity (Wildman–Crippen MR) is 87.8 cm³/mol. The maximum atomic E-state index is 5.21. The molecule has 0 N–H and O–H groups in total. The smallest absolute Gasteiger partial charge is 0.0822 e. The lowest BCUT2D eigenvalue weighted by Gasteiger charge is -2.06. The average molecular weight is 286 g/mol. The lowest BCUT2D eigenvalue weighted by molar-refractivity contribution is -0.295. The van der Waals surface area contributed by atoms with Crippen molar-refractivity contribution in [2.75, 3.05) is 13.2 Å². The summed E-state index contributed by atoms with van der Waals surface area (Å²) in [6, 6.07) is 0. The van der Waals surface area contributed by atoms with E-state index in [4.69, 9.17) is 9.78 Å². The van der Waals surface area contributed by atoms with Crippen LogP contribution in [0.25, 0.3) is 0 Å². The lowest BCUT2D eigenvalue weighted by Crippen LogP contribution is -1.99. The molecule has 0 aliphatic carbocycles. The van der Waals surface area contributed by atoms with Crippen LogP contribution in [0.15, 0.2) is 0 Å². The highest BCUT2D eigenvalue weighted by Crippen LogP contribution is 2.10. The molecule has 0 saturated carbocycles. The van der Waals surface area contributed by atoms with Crippen LogP contribution in [0.3, 0.4) is 0 Å². The third-order valence-corrected chi connectivity index (χ3v) is 3.60. The molecule has 122 valence electrons. The molecule has 0 aromatic carbocycles. The normalized spacial score (nSPS) is 11.7. The van der Waals surface area contributed by atoms with Crippen molar-refractivity contribution >= 4 is 0 Å². The Balaban J connectivity index is 2.96. The van der Waals surface area contributed by atoms with Crippen molar-refractivity contribution in [2.45, 2.75) is 91.9 Å². The molecule has 2 nitrogen and oxygen atoms in total. The summed E-state index contributed by atoms with van der Waals surface area (Å²) >= 11 is 0. The van der Waals surface area contributed by atoms with Crippen molar-refractivity contribution in [1.29, 1.82) is 0 Å². The molecule has 0 aliphatic rings. The molecule has 0 saturated heterocycles. The van der Waals surface area contributed by atoms with Crippen LogP contribution < -0.4 is 0 Å². The van der Waals surface area contributed by atoms with E-state index in [1.807, 2.05) is 0 Å². The van der Waals surface area contributed by atoms with E-state index >= 15 is 0 Å². The minimum absolute atomic E-state index is 0.759. The van der Waals surface area contributed by atoms with Crippen LogP contribution in [0.1, 0.15) is 91.9 Å². The third-order valence-electron chi connectivity index (χ3n) is 3.60. The van der Waals surface area contributed by atoms with Crippen LogP contribution in [0.4, 0.5) is 0 Å². The molecule has 0 bridgehead atoms. The summed E-state index contributed by atoms with van der Waals surface area (Å²) in [4.78, 5) is 10.4. The zero-order chi connectivity index (χ0) is 15.1. The van der Waals surface area contributed by atoms with E-state index in [9.17, 15) is 0 Å². The van der Waals surface area contributed by atoms with E-state index in [2.05, 4.69) is 27.7 Å². The first-order valence-electron chi connectivity index (χ1n) is 8.87. The van der Waals surface area contributed by atoms with Crippen LogP contribution in [-0.2, 0) is 9.78 Å². The Morgan fingerprint density at radius 1 is 0.500 bits per heavy atom. The quantitative estimate of drug-likeness (QED) is 0.204. The maximum Gasteiger partial charge on any atom is 0.0822 e. The zero-order valence-electron chi connectivity index (χ0n) is 14.5. The molecular weight excluding hydrogens is 248 g/mol. The number of rotatable bonds is 15. The fourth-order valence-corrected chi connectivity index (χ4v) is 2.25. The molecule has 0 rings (SSSR count). The van der Waals surface area contributed by atoms with Gasteiger partial charge < -0.3 is 0 Å². The maximum absolute atomic E-state index is 5.21. The summed E-state index contributed by atoms with van der Waals surface area (Å²) < 4.78 is 0. The molecule has 0 amide bonds. The molecule has 0 aliphatic heterocycles. The van der Waals surface area contributed by atoms with Crippen molar-refractivity contribution in [3.05, 3.63) is 0 Å². The number of hydrogen-bond acceptors (Lipinski definition) is 2. The minimum Gasteiger partial charge on any atom is -0.237 e. The molecule has 0 aromatic rings. The van der Waals surface area contributed by atoms with Gasteiger partial charge in [0.1, 0.15) is 0 Å². The van der Waals surface area contributed by atoms with Gasteiger partial charge in [0.25, 0.3) is 0 Å². The SMILES string of the molecule is CC(C)CCCCCCOOCCCCCCC(C)C. The first-order valence-corrected chi connectivity index (χ1v) is 8.87. The molecule has 0 radical (unpaired) electrons. The van der Waals surface area contributed by atoms with Gasteiger partial charge in [-0.1, -0.05) is 79.1 Å². The van der Waals surface area contributed by atoms with Crippen LogP contribution >= 0.6 is 0 Å². The molecule has 0 heterocycles. The van der Waals surface area contributed by atoms with Gasteiger partial charge >= 0.3 is 0 Å². The minimum atomic E-state index is 0.759. The molecule has 20 heavy (non-hydrogen) atoms. The fraction of sp³-hybridized carbons (Fsp3) is 1.00. The van der Waals surface area contributed by atoms with Crippen molar-refractivity contribution in [3.8, 4) is 0 Å². The second-order valence-electron chi connectivity index (χ2n) is 6.84. The highest BCUT2D eigenvalue weighted by Gasteiger charge is 1.96. The topological polar surface area (TPSA) is 18.5 Å². The van der Waals surface area contributed by atoms with Gasteiger partial charge in [-0.15, -0.1) is 0 Å². The van der Waals surface area contributed by atoms with Crippen LogP contribution in [0.5, 0.6) is 0 Å². The van der Waals surface area contributed by atoms with Gasteiger partial charge in [-0.2, -0.15) is 0 Å². The highest BCUT2D eigenvalue weighted by atomic mass is 17.2. The van der Waals surface area contributed by atoms with Crippen molar-refractivity contribution < 1.29 is 9.78 Å². The van der Waals surface area contributed by atoms with Gasteiger partial charge in [0, 0.05) is 0 Å². The summed E-state index contributed by atoms with van der Waals surface area (Å²) in [6.07, 6.45) is 12.9. The second-order valence-corrected chi connectivity index (χ2v) is 6.84. The Kier molecular flexibility index (Phi) is 15.3. The Bertz CT molecular complexity index is 158. The molecule has 0 fully saturated rings. The molecule has 0 atom stereocenters. The Morgan fingerprint density at radius 2 is 0.850 bits per heavy atom. The lowest BCUT2D eigenvalue weighted by atomic mass is 10.0. The Hall–Kier alpha value is -0.0800. The molecule has 0 aromatic heterocycles. The van der Waals surface area contributed by atoms with Gasteiger partial charge in [0.05, 0.1) is 13.2 Å². The van der Waals surface area contributed by atoms with Gasteiger partial charge in [-0.05, 0) is 24.7 Å². The molecular formula is C18H38O2. The van der Waals surface area contributed by atoms with E-state index in [1.165, 1.54) is 51.4 Å². The first kappa shape index (κ1) is 19.9. The zero-order valence-corrected chi connectivity index (χ0v) is 14.5. The molecule has 2 heteroatoms. The van der Waals surface area contributed by atoms with E-state index in [1.54, 1.807) is 0 Å². The Morgan fingerprint density at radius 3 is 1.20 bits per heavy atom. The van der Waals surface area contributed by atoms with Crippen molar-refractivity contribution in [3.63, 3.8) is 0 Å². The first-order chi connectivity index (χ1) is 9.63. The van der Waals surface area contributed by atoms with Gasteiger partial charge in [0.15, 0.2) is 0 Å². The van der Waals surface area contributed by atoms with Crippen LogP contribution in [0.2, 0.25) is 0 Å². The molecule has 0 spiro atoms. The molecule has 0 unspecified atom stereocenters. The predicted octanol–water partition coefficient (Wildman–Crippen LogP) is 6.15. The Labute approximate surface area is 127 Å². The summed E-state index contributed by atoms with van der Waals surface area (Å²) in [5, 5.41) is 0. The summed E-state index contributed by atoms with van der Waals surface area (Å²) in [5.74, 6) is 1.69. The van der Waals surface area contributed by atoms with E-state index in [-0.39, 0.29) is 0 Å². The van der Waals surface area contributed by atoms with Crippen LogP contribution in [-0.4, -0.2) is 13.2 Å². The third kappa shape index (κ3) is 17.9. The van der Waals surface area contributed by atoms with Crippen molar-refractivity contribution in [1.82, 2.24) is 0 Å². The average Bonchev–Trinajstić information content (AvgIpc) is 2.38. The number of unbranched alkanes of at least 4 members (excludes halogenated alkanes) is 6. The van der Waals surface area contributed by atoms with Gasteiger partial charge in [0.2, 0.25) is 0 Å². The largest absolute Gasteiger partial charge is 0.237 e. The van der Waals surface area contributed by atoms with E-state index in [0.29, 0.717) is 0 Å². The monoisotopic (exact) mass is 286 g/mol. The van der Waals surface area contributed by atoms with Crippen LogP contribution in [0, 0.1) is 11.8 Å². The summed E-state index contributed by atoms with van der Waals surface area (Å²) in [6.45, 7) is 10.7. The summed E-state index contributed by atoms with van der Waals surface area (Å²) in [7, 11) is 0. The van der Waals surface area contributed by atoms with E-state index in [0.717, 1.165) is 37.9 Å². The van der Waals surface area contributed by atoms with E-state index < -0.39 is 0 Å². The summed E-state index contributed by atoms with van der Waals surface area (Å²) in [5.41, 5.74) is 0. The highest BCUT2D eigenvalue weighted by molar-refractivity contribution is 4.48. The standard InChI is InChI=1S/C18H38O2/c1-17(2)13-9-5-7-11-15-19-20-16-12-8-6-10-14-18(3)4/h17-18H,5-16H2,1-4H3. The fourth-order valence-electron chi connectivity index (χ4n) is 2.25. The van der Waals surface area contributed by atoms with Gasteiger partial charge in [-0.3, -0.25) is 0 Å². The van der Waals surface area contributed by atoms with Gasteiger partial charge in [-0.25, -0.2) is 9.78 Å². The second kappa shape index (κ2) is 15.3. The van der Waals surface area contributed by atoms with Crippen molar-refractivity contribution in [2.24, 2.45) is 11.8 Å².